The van der Waals surface area contributed by atoms with Gasteiger partial charge in [0.05, 0.1) is 14.2 Å². The predicted octanol–water partition coefficient (Wildman–Crippen LogP) is 1.01. The van der Waals surface area contributed by atoms with Gasteiger partial charge in [0.15, 0.2) is 11.5 Å². The number of amides is 2. The Morgan fingerprint density at radius 2 is 1.95 bits per heavy atom. The van der Waals surface area contributed by atoms with Crippen LogP contribution in [0, 0.1) is 0 Å². The van der Waals surface area contributed by atoms with E-state index in [4.69, 9.17) is 9.47 Å². The molecule has 2 amide bonds. The summed E-state index contributed by atoms with van der Waals surface area (Å²) >= 11 is 0. The maximum Gasteiger partial charge on any atom is 0.296 e. The first-order chi connectivity index (χ1) is 10.5. The zero-order chi connectivity index (χ0) is 16.3. The Bertz CT molecular complexity index is 679. The number of guanidine groups is 1. The third-order valence-electron chi connectivity index (χ3n) is 3.10. The van der Waals surface area contributed by atoms with Crippen LogP contribution in [0.5, 0.6) is 11.5 Å². The number of rotatable bonds is 3. The number of nitrogens with one attached hydrogen (secondary N) is 1. The molecular weight excluding hydrogens is 286 g/mol. The molecule has 0 fully saturated rings. The number of likely N-dealkylation sites (N-methyl/N-ethyl adjacent to an activating group) is 1. The molecule has 22 heavy (non-hydrogen) atoms. The van der Waals surface area contributed by atoms with Crippen molar-refractivity contribution in [3.05, 3.63) is 29.5 Å². The molecule has 0 spiro atoms. The van der Waals surface area contributed by atoms with E-state index in [-0.39, 0.29) is 11.9 Å². The largest absolute Gasteiger partial charge is 0.493 e. The van der Waals surface area contributed by atoms with E-state index in [2.05, 4.69) is 10.3 Å². The normalized spacial score (nSPS) is 15.8. The minimum atomic E-state index is -0.416. The highest BCUT2D eigenvalue weighted by Crippen LogP contribution is 2.29. The van der Waals surface area contributed by atoms with E-state index in [1.807, 2.05) is 0 Å². The average Bonchev–Trinajstić information content (AvgIpc) is 2.74. The topological polar surface area (TPSA) is 80.2 Å². The highest BCUT2D eigenvalue weighted by Gasteiger charge is 2.27. The Morgan fingerprint density at radius 1 is 1.27 bits per heavy atom. The summed E-state index contributed by atoms with van der Waals surface area (Å²) in [7, 11) is 4.75. The summed E-state index contributed by atoms with van der Waals surface area (Å²) < 4.78 is 10.4. The summed E-state index contributed by atoms with van der Waals surface area (Å²) in [6.45, 7) is 1.36. The number of methoxy groups -OCH3 is 2. The quantitative estimate of drug-likeness (QED) is 0.843. The van der Waals surface area contributed by atoms with Gasteiger partial charge < -0.3 is 14.4 Å². The van der Waals surface area contributed by atoms with E-state index in [0.29, 0.717) is 17.2 Å². The zero-order valence-electron chi connectivity index (χ0n) is 12.8. The van der Waals surface area contributed by atoms with Crippen LogP contribution in [0.4, 0.5) is 0 Å². The van der Waals surface area contributed by atoms with Gasteiger partial charge in [-0.2, -0.15) is 4.99 Å². The number of benzene rings is 1. The van der Waals surface area contributed by atoms with Crippen molar-refractivity contribution in [3.8, 4) is 11.5 Å². The molecular formula is C15H17N3O4. The molecule has 1 aliphatic rings. The molecule has 0 bridgehead atoms. The molecule has 1 N–H and O–H groups in total. The van der Waals surface area contributed by atoms with Crippen LogP contribution in [0.3, 0.4) is 0 Å². The van der Waals surface area contributed by atoms with Crippen molar-refractivity contribution in [1.82, 2.24) is 10.2 Å². The first-order valence-electron chi connectivity index (χ1n) is 6.54. The van der Waals surface area contributed by atoms with Gasteiger partial charge in [-0.3, -0.25) is 14.9 Å². The van der Waals surface area contributed by atoms with Gasteiger partial charge >= 0.3 is 0 Å². The molecule has 1 aromatic carbocycles. The number of ether oxygens (including phenoxy) is 2. The summed E-state index contributed by atoms with van der Waals surface area (Å²) in [5.41, 5.74) is 1.11. The summed E-state index contributed by atoms with van der Waals surface area (Å²) in [5.74, 6) is 0.676. The molecule has 0 atom stereocenters. The first kappa shape index (κ1) is 15.6. The maximum absolute atomic E-state index is 12.0. The SMILES string of the molecule is COc1ccc(/C=C2\C(=O)N=C(NC(C)=O)N2C)cc1OC. The van der Waals surface area contributed by atoms with Crippen molar-refractivity contribution in [2.24, 2.45) is 4.99 Å². The van der Waals surface area contributed by atoms with Crippen LogP contribution in [0.15, 0.2) is 28.9 Å². The van der Waals surface area contributed by atoms with Crippen molar-refractivity contribution in [2.75, 3.05) is 21.3 Å². The number of nitrogens with zero attached hydrogens (tertiary/aromatic N) is 2. The summed E-state index contributed by atoms with van der Waals surface area (Å²) in [4.78, 5) is 28.4. The van der Waals surface area contributed by atoms with Crippen LogP contribution in [0.2, 0.25) is 0 Å². The third-order valence-corrected chi connectivity index (χ3v) is 3.10. The Kier molecular flexibility index (Phi) is 4.45. The third kappa shape index (κ3) is 3.08. The van der Waals surface area contributed by atoms with Gasteiger partial charge in [-0.25, -0.2) is 0 Å². The van der Waals surface area contributed by atoms with Crippen LogP contribution >= 0.6 is 0 Å². The van der Waals surface area contributed by atoms with Crippen LogP contribution in [-0.4, -0.2) is 43.9 Å². The van der Waals surface area contributed by atoms with E-state index >= 15 is 0 Å². The molecule has 0 aliphatic carbocycles. The molecule has 0 aromatic heterocycles. The summed E-state index contributed by atoms with van der Waals surface area (Å²) in [6, 6.07) is 5.30. The van der Waals surface area contributed by atoms with Gasteiger partial charge in [-0.15, -0.1) is 0 Å². The number of hydrogen-bond donors (Lipinski definition) is 1. The van der Waals surface area contributed by atoms with Gasteiger partial charge in [-0.1, -0.05) is 6.07 Å². The van der Waals surface area contributed by atoms with Gasteiger partial charge in [0, 0.05) is 14.0 Å². The lowest BCUT2D eigenvalue weighted by atomic mass is 10.1. The van der Waals surface area contributed by atoms with Crippen LogP contribution < -0.4 is 14.8 Å². The van der Waals surface area contributed by atoms with Crippen molar-refractivity contribution in [2.45, 2.75) is 6.92 Å². The van der Waals surface area contributed by atoms with E-state index < -0.39 is 5.91 Å². The lowest BCUT2D eigenvalue weighted by molar-refractivity contribution is -0.117. The number of aliphatic imine (C=N–C) groups is 1. The lowest BCUT2D eigenvalue weighted by Crippen LogP contribution is -2.37. The Balaban J connectivity index is 2.31. The van der Waals surface area contributed by atoms with E-state index in [1.54, 1.807) is 45.5 Å². The fourth-order valence-electron chi connectivity index (χ4n) is 2.01. The average molecular weight is 303 g/mol. The molecule has 0 unspecified atom stereocenters. The molecule has 1 heterocycles. The molecule has 116 valence electrons. The van der Waals surface area contributed by atoms with Crippen molar-refractivity contribution < 1.29 is 19.1 Å². The highest BCUT2D eigenvalue weighted by atomic mass is 16.5. The second kappa shape index (κ2) is 6.30. The Labute approximate surface area is 128 Å². The number of carbonyl (C=O) groups is 2. The molecule has 7 nitrogen and oxygen atoms in total. The van der Waals surface area contributed by atoms with Crippen LogP contribution in [-0.2, 0) is 9.59 Å². The Hall–Kier alpha value is -2.83. The minimum absolute atomic E-state index is 0.212. The van der Waals surface area contributed by atoms with Crippen molar-refractivity contribution in [1.29, 1.82) is 0 Å². The standard InChI is InChI=1S/C15H17N3O4/c1-9(19)16-15-17-14(20)11(18(15)2)7-10-5-6-12(21-3)13(8-10)22-4/h5-8H,1-4H3,(H,16,17,19,20)/b11-7+. The summed E-state index contributed by atoms with van der Waals surface area (Å²) in [6.07, 6.45) is 1.67. The molecule has 0 saturated carbocycles. The predicted molar refractivity (Wildman–Crippen MR) is 81.5 cm³/mol. The fraction of sp³-hybridized carbons (Fsp3) is 0.267. The molecule has 7 heteroatoms. The van der Waals surface area contributed by atoms with E-state index in [1.165, 1.54) is 11.8 Å². The molecule has 1 aliphatic heterocycles. The summed E-state index contributed by atoms with van der Waals surface area (Å²) in [5, 5.41) is 2.51. The van der Waals surface area contributed by atoms with Crippen molar-refractivity contribution in [3.63, 3.8) is 0 Å². The second-order valence-corrected chi connectivity index (χ2v) is 4.62. The minimum Gasteiger partial charge on any atom is -0.493 e. The molecule has 2 rings (SSSR count). The molecule has 0 radical (unpaired) electrons. The first-order valence-corrected chi connectivity index (χ1v) is 6.54. The van der Waals surface area contributed by atoms with Crippen LogP contribution in [0.25, 0.3) is 6.08 Å². The molecule has 1 aromatic rings. The number of carbonyl (C=O) groups excluding carboxylic acids is 2. The highest BCUT2D eigenvalue weighted by molar-refractivity contribution is 6.15. The maximum atomic E-state index is 12.0. The van der Waals surface area contributed by atoms with E-state index in [0.717, 1.165) is 5.56 Å². The van der Waals surface area contributed by atoms with Gasteiger partial charge in [-0.05, 0) is 23.8 Å². The second-order valence-electron chi connectivity index (χ2n) is 4.62. The van der Waals surface area contributed by atoms with Gasteiger partial charge in [0.2, 0.25) is 11.9 Å². The lowest BCUT2D eigenvalue weighted by Gasteiger charge is -2.15. The van der Waals surface area contributed by atoms with E-state index in [9.17, 15) is 9.59 Å². The zero-order valence-corrected chi connectivity index (χ0v) is 12.8. The van der Waals surface area contributed by atoms with Gasteiger partial charge in [0.1, 0.15) is 5.70 Å². The monoisotopic (exact) mass is 303 g/mol. The smallest absolute Gasteiger partial charge is 0.296 e. The van der Waals surface area contributed by atoms with Gasteiger partial charge in [0.25, 0.3) is 5.91 Å². The molecule has 0 saturated heterocycles. The fourth-order valence-corrected chi connectivity index (χ4v) is 2.01. The Morgan fingerprint density at radius 3 is 2.55 bits per heavy atom. The van der Waals surface area contributed by atoms with Crippen LogP contribution in [0.1, 0.15) is 12.5 Å². The number of hydrogen-bond acceptors (Lipinski definition) is 5. The van der Waals surface area contributed by atoms with Crippen molar-refractivity contribution >= 4 is 23.8 Å².